The SMILES string of the molecule is CC(C)P(C)(S)(S)C(C)C. The third-order valence-electron chi connectivity index (χ3n) is 2.55. The Hall–Kier alpha value is 1.13. The predicted octanol–water partition coefficient (Wildman–Crippen LogP) is 3.68. The van der Waals surface area contributed by atoms with Crippen LogP contribution in [0.15, 0.2) is 0 Å². The zero-order chi connectivity index (χ0) is 8.60. The average Bonchev–Trinajstić information content (AvgIpc) is 1.63. The first kappa shape index (κ1) is 11.1. The van der Waals surface area contributed by atoms with Gasteiger partial charge in [-0.1, -0.05) is 0 Å². The van der Waals surface area contributed by atoms with Crippen LogP contribution in [0.5, 0.6) is 0 Å². The molecule has 0 radical (unpaired) electrons. The van der Waals surface area contributed by atoms with Crippen molar-refractivity contribution in [1.29, 1.82) is 0 Å². The van der Waals surface area contributed by atoms with Crippen molar-refractivity contribution < 1.29 is 0 Å². The normalized spacial score (nSPS) is 17.5. The van der Waals surface area contributed by atoms with Gasteiger partial charge in [0, 0.05) is 0 Å². The molecular formula is C7H19PS2. The van der Waals surface area contributed by atoms with E-state index in [4.69, 9.17) is 24.5 Å². The van der Waals surface area contributed by atoms with E-state index >= 15 is 0 Å². The molecule has 0 amide bonds. The molecule has 0 rings (SSSR count). The van der Waals surface area contributed by atoms with Crippen molar-refractivity contribution in [2.75, 3.05) is 6.66 Å². The minimum absolute atomic E-state index is 0.595. The van der Waals surface area contributed by atoms with E-state index in [0.29, 0.717) is 11.3 Å². The van der Waals surface area contributed by atoms with Crippen molar-refractivity contribution in [1.82, 2.24) is 0 Å². The van der Waals surface area contributed by atoms with Crippen LogP contribution in [0.2, 0.25) is 0 Å². The van der Waals surface area contributed by atoms with Gasteiger partial charge in [0.2, 0.25) is 0 Å². The fourth-order valence-electron chi connectivity index (χ4n) is 0.596. The third kappa shape index (κ3) is 2.06. The van der Waals surface area contributed by atoms with E-state index < -0.39 is 5.01 Å². The minimum atomic E-state index is -1.93. The number of rotatable bonds is 2. The summed E-state index contributed by atoms with van der Waals surface area (Å²) >= 11 is 9.46. The second kappa shape index (κ2) is 2.88. The van der Waals surface area contributed by atoms with E-state index in [1.54, 1.807) is 0 Å². The summed E-state index contributed by atoms with van der Waals surface area (Å²) in [5.74, 6) is 0. The van der Waals surface area contributed by atoms with Gasteiger partial charge < -0.3 is 0 Å². The Balaban J connectivity index is 4.59. The Morgan fingerprint density at radius 2 is 1.10 bits per heavy atom. The van der Waals surface area contributed by atoms with Crippen LogP contribution in [0.25, 0.3) is 0 Å². The van der Waals surface area contributed by atoms with Crippen molar-refractivity contribution in [3.8, 4) is 0 Å². The van der Waals surface area contributed by atoms with Crippen molar-refractivity contribution in [3.63, 3.8) is 0 Å². The van der Waals surface area contributed by atoms with E-state index in [9.17, 15) is 0 Å². The fourth-order valence-corrected chi connectivity index (χ4v) is 1.79. The first-order valence-electron chi connectivity index (χ1n) is 3.67. The quantitative estimate of drug-likeness (QED) is 0.491. The molecule has 64 valence electrons. The van der Waals surface area contributed by atoms with Crippen LogP contribution in [-0.2, 0) is 0 Å². The van der Waals surface area contributed by atoms with Gasteiger partial charge in [0.05, 0.1) is 0 Å². The maximum absolute atomic E-state index is 4.73. The van der Waals surface area contributed by atoms with Crippen LogP contribution in [0, 0.1) is 0 Å². The monoisotopic (exact) mass is 198 g/mol. The molecule has 0 spiro atoms. The number of thiol groups is 2. The molecular weight excluding hydrogens is 179 g/mol. The van der Waals surface area contributed by atoms with Gasteiger partial charge in [-0.25, -0.2) is 0 Å². The van der Waals surface area contributed by atoms with E-state index in [1.807, 2.05) is 0 Å². The maximum atomic E-state index is 4.73. The van der Waals surface area contributed by atoms with E-state index in [1.165, 1.54) is 0 Å². The molecule has 0 aliphatic rings. The Morgan fingerprint density at radius 3 is 1.10 bits per heavy atom. The van der Waals surface area contributed by atoms with Crippen LogP contribution < -0.4 is 0 Å². The molecule has 0 nitrogen and oxygen atoms in total. The standard InChI is InChI=1S/C7H19PS2/c1-6(2)8(5,9,10)7(3)4/h6-7,9-10H,1-5H3. The predicted molar refractivity (Wildman–Crippen MR) is 61.1 cm³/mol. The second-order valence-electron chi connectivity index (χ2n) is 3.80. The van der Waals surface area contributed by atoms with Gasteiger partial charge in [0.25, 0.3) is 0 Å². The molecule has 0 heterocycles. The van der Waals surface area contributed by atoms with E-state index in [2.05, 4.69) is 34.4 Å². The summed E-state index contributed by atoms with van der Waals surface area (Å²) in [6, 6.07) is 0. The molecule has 0 saturated carbocycles. The summed E-state index contributed by atoms with van der Waals surface area (Å²) in [7, 11) is 0. The van der Waals surface area contributed by atoms with Crippen molar-refractivity contribution in [2.24, 2.45) is 0 Å². The zero-order valence-corrected chi connectivity index (χ0v) is 10.2. The summed E-state index contributed by atoms with van der Waals surface area (Å²) < 4.78 is 0. The molecule has 0 aliphatic carbocycles. The van der Waals surface area contributed by atoms with Gasteiger partial charge in [-0.15, -0.1) is 0 Å². The molecule has 0 aromatic carbocycles. The Labute approximate surface area is 75.4 Å². The molecule has 0 bridgehead atoms. The van der Waals surface area contributed by atoms with Gasteiger partial charge in [-0.3, -0.25) is 0 Å². The Morgan fingerprint density at radius 1 is 0.900 bits per heavy atom. The summed E-state index contributed by atoms with van der Waals surface area (Å²) in [5, 5.41) is -1.93. The van der Waals surface area contributed by atoms with Gasteiger partial charge in [-0.05, 0) is 0 Å². The second-order valence-corrected chi connectivity index (χ2v) is 16.4. The first-order chi connectivity index (χ1) is 4.17. The van der Waals surface area contributed by atoms with E-state index in [0.717, 1.165) is 0 Å². The summed E-state index contributed by atoms with van der Waals surface area (Å²) in [6.07, 6.45) is 0. The molecule has 0 N–H and O–H groups in total. The van der Waals surface area contributed by atoms with Gasteiger partial charge in [-0.2, -0.15) is 0 Å². The van der Waals surface area contributed by atoms with Gasteiger partial charge in [0.15, 0.2) is 0 Å². The summed E-state index contributed by atoms with van der Waals surface area (Å²) in [6.45, 7) is 11.0. The molecule has 3 heteroatoms. The molecule has 0 atom stereocenters. The number of hydrogen-bond acceptors (Lipinski definition) is 2. The zero-order valence-electron chi connectivity index (χ0n) is 7.50. The Bertz CT molecular complexity index is 109. The van der Waals surface area contributed by atoms with Crippen LogP contribution in [-0.4, -0.2) is 18.0 Å². The summed E-state index contributed by atoms with van der Waals surface area (Å²) in [5.41, 5.74) is 1.19. The molecule has 0 aromatic rings. The van der Waals surface area contributed by atoms with Crippen LogP contribution in [0.3, 0.4) is 0 Å². The third-order valence-corrected chi connectivity index (χ3v) is 13.2. The summed E-state index contributed by atoms with van der Waals surface area (Å²) in [4.78, 5) is 0. The molecule has 10 heavy (non-hydrogen) atoms. The van der Waals surface area contributed by atoms with Crippen molar-refractivity contribution in [3.05, 3.63) is 0 Å². The Kier molecular flexibility index (Phi) is 3.20. The molecule has 0 aromatic heterocycles. The fraction of sp³-hybridized carbons (Fsp3) is 1.00. The van der Waals surface area contributed by atoms with Crippen LogP contribution >= 0.6 is 29.5 Å². The van der Waals surface area contributed by atoms with Crippen molar-refractivity contribution >= 4 is 29.5 Å². The molecule has 0 unspecified atom stereocenters. The van der Waals surface area contributed by atoms with Gasteiger partial charge >= 0.3 is 75.2 Å². The van der Waals surface area contributed by atoms with Crippen LogP contribution in [0.4, 0.5) is 0 Å². The van der Waals surface area contributed by atoms with E-state index in [-0.39, 0.29) is 0 Å². The molecule has 0 fully saturated rings. The average molecular weight is 198 g/mol. The molecule has 0 saturated heterocycles. The number of hydrogen-bond donors (Lipinski definition) is 2. The first-order valence-corrected chi connectivity index (χ1v) is 8.80. The van der Waals surface area contributed by atoms with Crippen molar-refractivity contribution in [2.45, 2.75) is 39.0 Å². The van der Waals surface area contributed by atoms with Crippen LogP contribution in [0.1, 0.15) is 27.7 Å². The van der Waals surface area contributed by atoms with Gasteiger partial charge in [0.1, 0.15) is 0 Å². The molecule has 0 aliphatic heterocycles. The topological polar surface area (TPSA) is 0 Å².